The van der Waals surface area contributed by atoms with E-state index in [1.807, 2.05) is 36.5 Å². The summed E-state index contributed by atoms with van der Waals surface area (Å²) in [6, 6.07) is 14.1. The van der Waals surface area contributed by atoms with Gasteiger partial charge in [-0.05, 0) is 40.3 Å². The van der Waals surface area contributed by atoms with Crippen LogP contribution < -0.4 is 10.2 Å². The minimum atomic E-state index is 0.101. The van der Waals surface area contributed by atoms with Crippen LogP contribution >= 0.6 is 0 Å². The first kappa shape index (κ1) is 19.4. The maximum Gasteiger partial charge on any atom is 0.245 e. The van der Waals surface area contributed by atoms with Crippen molar-refractivity contribution in [1.29, 1.82) is 0 Å². The van der Waals surface area contributed by atoms with E-state index in [0.717, 1.165) is 42.9 Å². The predicted molar refractivity (Wildman–Crippen MR) is 115 cm³/mol. The van der Waals surface area contributed by atoms with Crippen molar-refractivity contribution in [2.75, 3.05) is 23.3 Å². The number of hydrogen-bond donors (Lipinski definition) is 1. The topological polar surface area (TPSA) is 102 Å². The molecular formula is C22H23N7O2. The molecule has 1 aliphatic rings. The molecule has 1 fully saturated rings. The molecule has 31 heavy (non-hydrogen) atoms. The lowest BCUT2D eigenvalue weighted by atomic mass is 10.1. The summed E-state index contributed by atoms with van der Waals surface area (Å²) in [6.07, 6.45) is 5.72. The number of pyridine rings is 1. The van der Waals surface area contributed by atoms with Crippen LogP contribution in [0.4, 0.5) is 11.6 Å². The normalized spacial score (nSPS) is 16.5. The van der Waals surface area contributed by atoms with Crippen LogP contribution in [0.5, 0.6) is 0 Å². The molecule has 0 amide bonds. The van der Waals surface area contributed by atoms with E-state index in [2.05, 4.69) is 42.6 Å². The molecule has 1 aliphatic heterocycles. The van der Waals surface area contributed by atoms with Gasteiger partial charge in [-0.2, -0.15) is 0 Å². The summed E-state index contributed by atoms with van der Waals surface area (Å²) in [4.78, 5) is 15.7. The summed E-state index contributed by atoms with van der Waals surface area (Å²) in [6.45, 7) is 2.78. The van der Waals surface area contributed by atoms with Crippen LogP contribution in [-0.4, -0.2) is 44.5 Å². The molecule has 1 N–H and O–H groups in total. The van der Waals surface area contributed by atoms with E-state index in [1.165, 1.54) is 0 Å². The number of hydrogen-bond acceptors (Lipinski definition) is 9. The molecule has 0 aliphatic carbocycles. The lowest BCUT2D eigenvalue weighted by Crippen LogP contribution is -2.40. The van der Waals surface area contributed by atoms with Crippen molar-refractivity contribution in [3.05, 3.63) is 66.0 Å². The zero-order chi connectivity index (χ0) is 20.9. The molecule has 4 heterocycles. The van der Waals surface area contributed by atoms with E-state index in [9.17, 15) is 0 Å². The number of anilines is 2. The third kappa shape index (κ3) is 4.61. The summed E-state index contributed by atoms with van der Waals surface area (Å²) in [5.41, 5.74) is 3.02. The Balaban J connectivity index is 1.33. The summed E-state index contributed by atoms with van der Waals surface area (Å²) in [5, 5.41) is 11.1. The molecule has 1 aromatic carbocycles. The molecule has 0 spiro atoms. The SMILES string of the molecule is c1ccc(CNc2nc3nonc3nc2N2CCCC(OCc3cccnc3)C2)cc1. The van der Waals surface area contributed by atoms with Gasteiger partial charge in [0.05, 0.1) is 12.7 Å². The molecule has 1 saturated heterocycles. The summed E-state index contributed by atoms with van der Waals surface area (Å²) in [5.74, 6) is 1.41. The highest BCUT2D eigenvalue weighted by Gasteiger charge is 2.25. The average Bonchev–Trinajstić information content (AvgIpc) is 3.30. The first-order valence-corrected chi connectivity index (χ1v) is 10.4. The molecule has 3 aromatic heterocycles. The maximum absolute atomic E-state index is 6.17. The van der Waals surface area contributed by atoms with Gasteiger partial charge < -0.3 is 15.0 Å². The molecule has 4 aromatic rings. The Hall–Kier alpha value is -3.59. The average molecular weight is 417 g/mol. The Kier molecular flexibility index (Phi) is 5.66. The second kappa shape index (κ2) is 9.05. The minimum absolute atomic E-state index is 0.101. The molecule has 0 saturated carbocycles. The highest BCUT2D eigenvalue weighted by molar-refractivity contribution is 5.74. The molecule has 5 rings (SSSR count). The summed E-state index contributed by atoms with van der Waals surface area (Å²) in [7, 11) is 0. The number of piperidine rings is 1. The molecule has 9 heteroatoms. The number of ether oxygens (including phenoxy) is 1. The molecular weight excluding hydrogens is 394 g/mol. The smallest absolute Gasteiger partial charge is 0.245 e. The van der Waals surface area contributed by atoms with Crippen molar-refractivity contribution in [3.63, 3.8) is 0 Å². The Morgan fingerprint density at radius 2 is 1.87 bits per heavy atom. The van der Waals surface area contributed by atoms with Gasteiger partial charge in [0.25, 0.3) is 0 Å². The molecule has 1 unspecified atom stereocenters. The fourth-order valence-electron chi connectivity index (χ4n) is 3.71. The van der Waals surface area contributed by atoms with Crippen molar-refractivity contribution >= 4 is 22.9 Å². The lowest BCUT2D eigenvalue weighted by Gasteiger charge is -2.34. The van der Waals surface area contributed by atoms with E-state index in [-0.39, 0.29) is 6.10 Å². The van der Waals surface area contributed by atoms with Crippen molar-refractivity contribution in [2.45, 2.75) is 32.1 Å². The fraction of sp³-hybridized carbons (Fsp3) is 0.318. The first-order chi connectivity index (χ1) is 15.3. The zero-order valence-corrected chi connectivity index (χ0v) is 17.0. The molecule has 0 radical (unpaired) electrons. The van der Waals surface area contributed by atoms with E-state index in [0.29, 0.717) is 30.3 Å². The number of nitrogens with one attached hydrogen (secondary N) is 1. The van der Waals surface area contributed by atoms with Crippen molar-refractivity contribution in [1.82, 2.24) is 25.3 Å². The molecule has 0 bridgehead atoms. The van der Waals surface area contributed by atoms with Crippen LogP contribution in [0.25, 0.3) is 11.3 Å². The third-order valence-electron chi connectivity index (χ3n) is 5.28. The molecule has 158 valence electrons. The second-order valence-corrected chi connectivity index (χ2v) is 7.53. The predicted octanol–water partition coefficient (Wildman–Crippen LogP) is 3.21. The first-order valence-electron chi connectivity index (χ1n) is 10.4. The van der Waals surface area contributed by atoms with Crippen LogP contribution in [0, 0.1) is 0 Å². The number of nitrogens with zero attached hydrogens (tertiary/aromatic N) is 6. The van der Waals surface area contributed by atoms with E-state index in [1.54, 1.807) is 6.20 Å². The van der Waals surface area contributed by atoms with Gasteiger partial charge in [0.15, 0.2) is 11.6 Å². The van der Waals surface area contributed by atoms with Crippen LogP contribution in [0.2, 0.25) is 0 Å². The van der Waals surface area contributed by atoms with Gasteiger partial charge in [-0.1, -0.05) is 36.4 Å². The number of rotatable bonds is 7. The van der Waals surface area contributed by atoms with Crippen LogP contribution in [0.3, 0.4) is 0 Å². The van der Waals surface area contributed by atoms with E-state index < -0.39 is 0 Å². The number of fused-ring (bicyclic) bond motifs is 1. The van der Waals surface area contributed by atoms with Crippen LogP contribution in [0.1, 0.15) is 24.0 Å². The maximum atomic E-state index is 6.17. The minimum Gasteiger partial charge on any atom is -0.372 e. The number of benzene rings is 1. The fourth-order valence-corrected chi connectivity index (χ4v) is 3.71. The Morgan fingerprint density at radius 1 is 1.03 bits per heavy atom. The van der Waals surface area contributed by atoms with Gasteiger partial charge in [-0.3, -0.25) is 4.98 Å². The Bertz CT molecular complexity index is 1120. The van der Waals surface area contributed by atoms with E-state index in [4.69, 9.17) is 14.3 Å². The Morgan fingerprint density at radius 3 is 2.71 bits per heavy atom. The van der Waals surface area contributed by atoms with Gasteiger partial charge in [-0.25, -0.2) is 14.6 Å². The van der Waals surface area contributed by atoms with Crippen molar-refractivity contribution in [2.24, 2.45) is 0 Å². The summed E-state index contributed by atoms with van der Waals surface area (Å²) < 4.78 is 11.0. The second-order valence-electron chi connectivity index (χ2n) is 7.53. The number of aromatic nitrogens is 5. The molecule has 9 nitrogen and oxygen atoms in total. The van der Waals surface area contributed by atoms with Crippen molar-refractivity contribution in [3.8, 4) is 0 Å². The largest absolute Gasteiger partial charge is 0.372 e. The standard InChI is InChI=1S/C22H23N7O2/c1-2-6-16(7-3-1)13-24-21-22(26-20-19(25-21)27-31-28-20)29-11-5-9-18(14-29)30-15-17-8-4-10-23-12-17/h1-4,6-8,10,12,18H,5,9,11,13-15H2,(H,24,25,27). The van der Waals surface area contributed by atoms with E-state index >= 15 is 0 Å². The highest BCUT2D eigenvalue weighted by Crippen LogP contribution is 2.28. The van der Waals surface area contributed by atoms with Gasteiger partial charge in [0.1, 0.15) is 0 Å². The lowest BCUT2D eigenvalue weighted by molar-refractivity contribution is 0.0313. The summed E-state index contributed by atoms with van der Waals surface area (Å²) >= 11 is 0. The van der Waals surface area contributed by atoms with Gasteiger partial charge >= 0.3 is 0 Å². The van der Waals surface area contributed by atoms with Crippen LogP contribution in [0.15, 0.2) is 59.5 Å². The van der Waals surface area contributed by atoms with Crippen LogP contribution in [-0.2, 0) is 17.9 Å². The van der Waals surface area contributed by atoms with Gasteiger partial charge in [0, 0.05) is 32.0 Å². The quantitative estimate of drug-likeness (QED) is 0.485. The van der Waals surface area contributed by atoms with Crippen molar-refractivity contribution < 1.29 is 9.37 Å². The third-order valence-corrected chi connectivity index (χ3v) is 5.28. The van der Waals surface area contributed by atoms with Gasteiger partial charge in [0.2, 0.25) is 11.3 Å². The van der Waals surface area contributed by atoms with Gasteiger partial charge in [-0.15, -0.1) is 0 Å². The monoisotopic (exact) mass is 417 g/mol. The molecule has 1 atom stereocenters. The highest BCUT2D eigenvalue weighted by atomic mass is 16.6. The Labute approximate surface area is 179 Å². The zero-order valence-electron chi connectivity index (χ0n) is 17.0.